The quantitative estimate of drug-likeness (QED) is 0.716. The van der Waals surface area contributed by atoms with Crippen molar-refractivity contribution in [1.82, 2.24) is 5.32 Å². The normalized spacial score (nSPS) is 12.4. The fraction of sp³-hybridized carbons (Fsp3) is 0.714. The Morgan fingerprint density at radius 1 is 1.35 bits per heavy atom. The first-order valence-electron chi connectivity index (χ1n) is 6.34. The van der Waals surface area contributed by atoms with E-state index >= 15 is 0 Å². The minimum absolute atomic E-state index is 0.345. The number of hydrogen-bond donors (Lipinski definition) is 1. The van der Waals surface area contributed by atoms with Crippen molar-refractivity contribution >= 4 is 22.9 Å². The van der Waals surface area contributed by atoms with Gasteiger partial charge in [0.25, 0.3) is 0 Å². The molecular formula is C14H24ClNS. The van der Waals surface area contributed by atoms with Crippen LogP contribution in [-0.4, -0.2) is 13.1 Å². The van der Waals surface area contributed by atoms with Crippen molar-refractivity contribution in [3.63, 3.8) is 0 Å². The standard InChI is InChI=1S/C14H24ClNS/c1-11(2)10-16-8-7-14(3,4)9-12-5-6-13(15)17-12/h5-6,11,16H,7-10H2,1-4H3. The minimum atomic E-state index is 0.345. The zero-order chi connectivity index (χ0) is 12.9. The molecule has 0 saturated carbocycles. The van der Waals surface area contributed by atoms with Gasteiger partial charge in [-0.3, -0.25) is 0 Å². The van der Waals surface area contributed by atoms with Crippen molar-refractivity contribution in [2.45, 2.75) is 40.5 Å². The summed E-state index contributed by atoms with van der Waals surface area (Å²) < 4.78 is 0.897. The van der Waals surface area contributed by atoms with E-state index in [-0.39, 0.29) is 0 Å². The van der Waals surface area contributed by atoms with Crippen molar-refractivity contribution in [1.29, 1.82) is 0 Å². The highest BCUT2D eigenvalue weighted by atomic mass is 35.5. The maximum atomic E-state index is 5.96. The van der Waals surface area contributed by atoms with Crippen LogP contribution in [0.3, 0.4) is 0 Å². The van der Waals surface area contributed by atoms with Crippen molar-refractivity contribution in [2.75, 3.05) is 13.1 Å². The molecule has 1 aromatic rings. The molecule has 1 N–H and O–H groups in total. The lowest BCUT2D eigenvalue weighted by Gasteiger charge is -2.24. The second kappa shape index (κ2) is 6.77. The Morgan fingerprint density at radius 2 is 2.06 bits per heavy atom. The Hall–Kier alpha value is -0.0500. The summed E-state index contributed by atoms with van der Waals surface area (Å²) >= 11 is 7.66. The minimum Gasteiger partial charge on any atom is -0.316 e. The van der Waals surface area contributed by atoms with Gasteiger partial charge in [0, 0.05) is 4.88 Å². The lowest BCUT2D eigenvalue weighted by atomic mass is 9.85. The summed E-state index contributed by atoms with van der Waals surface area (Å²) in [7, 11) is 0. The molecular weight excluding hydrogens is 250 g/mol. The molecule has 0 aliphatic carbocycles. The molecule has 0 radical (unpaired) electrons. The monoisotopic (exact) mass is 273 g/mol. The van der Waals surface area contributed by atoms with Crippen LogP contribution in [0.5, 0.6) is 0 Å². The Morgan fingerprint density at radius 3 is 2.59 bits per heavy atom. The summed E-state index contributed by atoms with van der Waals surface area (Å²) in [6.45, 7) is 11.4. The van der Waals surface area contributed by atoms with Crippen LogP contribution < -0.4 is 5.32 Å². The van der Waals surface area contributed by atoms with Gasteiger partial charge in [-0.2, -0.15) is 0 Å². The van der Waals surface area contributed by atoms with Crippen molar-refractivity contribution in [2.24, 2.45) is 11.3 Å². The van der Waals surface area contributed by atoms with Gasteiger partial charge in [-0.05, 0) is 49.4 Å². The molecule has 0 aliphatic heterocycles. The molecule has 0 aliphatic rings. The van der Waals surface area contributed by atoms with Crippen LogP contribution in [0.25, 0.3) is 0 Å². The molecule has 0 bridgehead atoms. The van der Waals surface area contributed by atoms with Crippen LogP contribution >= 0.6 is 22.9 Å². The predicted octanol–water partition coefficient (Wildman–Crippen LogP) is 4.61. The maximum Gasteiger partial charge on any atom is 0.0931 e. The SMILES string of the molecule is CC(C)CNCCC(C)(C)Cc1ccc(Cl)s1. The summed E-state index contributed by atoms with van der Waals surface area (Å²) in [4.78, 5) is 1.39. The number of thiophene rings is 1. The van der Waals surface area contributed by atoms with Gasteiger partial charge in [0.1, 0.15) is 0 Å². The average Bonchev–Trinajstić information content (AvgIpc) is 2.57. The number of hydrogen-bond acceptors (Lipinski definition) is 2. The molecule has 0 amide bonds. The zero-order valence-corrected chi connectivity index (χ0v) is 12.9. The highest BCUT2D eigenvalue weighted by Gasteiger charge is 2.19. The van der Waals surface area contributed by atoms with Gasteiger partial charge in [0.15, 0.2) is 0 Å². The van der Waals surface area contributed by atoms with E-state index in [1.54, 1.807) is 11.3 Å². The zero-order valence-electron chi connectivity index (χ0n) is 11.3. The van der Waals surface area contributed by atoms with E-state index in [9.17, 15) is 0 Å². The van der Waals surface area contributed by atoms with Crippen LogP contribution in [0.1, 0.15) is 39.0 Å². The Kier molecular flexibility index (Phi) is 5.98. The van der Waals surface area contributed by atoms with Gasteiger partial charge in [0.05, 0.1) is 4.34 Å². The van der Waals surface area contributed by atoms with Gasteiger partial charge in [-0.1, -0.05) is 39.3 Å². The second-order valence-electron chi connectivity index (χ2n) is 5.89. The number of halogens is 1. The highest BCUT2D eigenvalue weighted by Crippen LogP contribution is 2.30. The third-order valence-electron chi connectivity index (χ3n) is 2.81. The molecule has 0 fully saturated rings. The summed E-state index contributed by atoms with van der Waals surface area (Å²) in [6.07, 6.45) is 2.32. The lowest BCUT2D eigenvalue weighted by Crippen LogP contribution is -2.26. The topological polar surface area (TPSA) is 12.0 Å². The summed E-state index contributed by atoms with van der Waals surface area (Å²) in [5.74, 6) is 0.731. The Balaban J connectivity index is 2.30. The first-order chi connectivity index (χ1) is 7.89. The van der Waals surface area contributed by atoms with E-state index in [4.69, 9.17) is 11.6 Å². The third-order valence-corrected chi connectivity index (χ3v) is 4.04. The molecule has 98 valence electrons. The highest BCUT2D eigenvalue weighted by molar-refractivity contribution is 7.16. The summed E-state index contributed by atoms with van der Waals surface area (Å²) in [5, 5.41) is 3.51. The van der Waals surface area contributed by atoms with Gasteiger partial charge in [0.2, 0.25) is 0 Å². The lowest BCUT2D eigenvalue weighted by molar-refractivity contribution is 0.324. The van der Waals surface area contributed by atoms with Crippen molar-refractivity contribution in [3.8, 4) is 0 Å². The van der Waals surface area contributed by atoms with E-state index in [0.29, 0.717) is 5.41 Å². The summed E-state index contributed by atoms with van der Waals surface area (Å²) in [5.41, 5.74) is 0.345. The van der Waals surface area contributed by atoms with E-state index in [0.717, 1.165) is 29.8 Å². The van der Waals surface area contributed by atoms with Crippen LogP contribution in [0, 0.1) is 11.3 Å². The molecule has 1 heterocycles. The first kappa shape index (κ1) is 15.0. The van der Waals surface area contributed by atoms with Gasteiger partial charge in [-0.25, -0.2) is 0 Å². The maximum absolute atomic E-state index is 5.96. The second-order valence-corrected chi connectivity index (χ2v) is 7.69. The van der Waals surface area contributed by atoms with Gasteiger partial charge in [-0.15, -0.1) is 11.3 Å². The molecule has 0 aromatic carbocycles. The van der Waals surface area contributed by atoms with E-state index in [2.05, 4.69) is 39.1 Å². The van der Waals surface area contributed by atoms with Gasteiger partial charge >= 0.3 is 0 Å². The first-order valence-corrected chi connectivity index (χ1v) is 7.53. The molecule has 0 unspecified atom stereocenters. The molecule has 17 heavy (non-hydrogen) atoms. The van der Waals surface area contributed by atoms with Crippen LogP contribution in [0.4, 0.5) is 0 Å². The molecule has 3 heteroatoms. The fourth-order valence-corrected chi connectivity index (χ4v) is 3.17. The van der Waals surface area contributed by atoms with E-state index in [1.165, 1.54) is 11.3 Å². The predicted molar refractivity (Wildman–Crippen MR) is 79.1 cm³/mol. The Bertz CT molecular complexity index is 331. The largest absolute Gasteiger partial charge is 0.316 e. The van der Waals surface area contributed by atoms with E-state index in [1.807, 2.05) is 6.07 Å². The average molecular weight is 274 g/mol. The molecule has 0 spiro atoms. The molecule has 1 aromatic heterocycles. The summed E-state index contributed by atoms with van der Waals surface area (Å²) in [6, 6.07) is 4.14. The molecule has 1 nitrogen and oxygen atoms in total. The third kappa shape index (κ3) is 6.44. The van der Waals surface area contributed by atoms with Crippen molar-refractivity contribution < 1.29 is 0 Å². The van der Waals surface area contributed by atoms with Crippen LogP contribution in [-0.2, 0) is 6.42 Å². The fourth-order valence-electron chi connectivity index (χ4n) is 1.82. The number of nitrogens with one attached hydrogen (secondary N) is 1. The smallest absolute Gasteiger partial charge is 0.0931 e. The van der Waals surface area contributed by atoms with Crippen LogP contribution in [0.2, 0.25) is 4.34 Å². The van der Waals surface area contributed by atoms with Gasteiger partial charge < -0.3 is 5.32 Å². The molecule has 0 atom stereocenters. The van der Waals surface area contributed by atoms with E-state index < -0.39 is 0 Å². The Labute approximate surface area is 115 Å². The van der Waals surface area contributed by atoms with Crippen LogP contribution in [0.15, 0.2) is 12.1 Å². The van der Waals surface area contributed by atoms with Crippen molar-refractivity contribution in [3.05, 3.63) is 21.3 Å². The molecule has 0 saturated heterocycles. The number of rotatable bonds is 7. The molecule has 1 rings (SSSR count).